The van der Waals surface area contributed by atoms with Gasteiger partial charge in [0.15, 0.2) is 0 Å². The molecule has 2 rings (SSSR count). The van der Waals surface area contributed by atoms with E-state index in [1.54, 1.807) is 12.1 Å². The van der Waals surface area contributed by atoms with Crippen LogP contribution in [0, 0.1) is 0 Å². The molecule has 98 valence electrons. The Labute approximate surface area is 113 Å². The van der Waals surface area contributed by atoms with E-state index in [2.05, 4.69) is 10.3 Å². The van der Waals surface area contributed by atoms with Gasteiger partial charge in [-0.05, 0) is 24.3 Å². The molecule has 7 heteroatoms. The number of carbonyl (C=O) groups is 2. The number of hydrogen-bond acceptors (Lipinski definition) is 4. The van der Waals surface area contributed by atoms with E-state index in [0.29, 0.717) is 5.76 Å². The predicted molar refractivity (Wildman–Crippen MR) is 66.1 cm³/mol. The Morgan fingerprint density at radius 1 is 1.32 bits per heavy atom. The fourth-order valence-corrected chi connectivity index (χ4v) is 1.54. The molecule has 0 saturated heterocycles. The predicted octanol–water partition coefficient (Wildman–Crippen LogP) is 1.96. The molecule has 0 aliphatic carbocycles. The van der Waals surface area contributed by atoms with Crippen molar-refractivity contribution in [3.63, 3.8) is 0 Å². The fraction of sp³-hybridized carbons (Fsp3) is 0.0833. The molecule has 0 bridgehead atoms. The Bertz CT molecular complexity index is 624. The van der Waals surface area contributed by atoms with Gasteiger partial charge < -0.3 is 14.8 Å². The third kappa shape index (κ3) is 3.32. The highest BCUT2D eigenvalue weighted by atomic mass is 35.5. The summed E-state index contributed by atoms with van der Waals surface area (Å²) in [6.45, 7) is 0.0697. The number of pyridine rings is 1. The van der Waals surface area contributed by atoms with Crippen molar-refractivity contribution in [2.45, 2.75) is 6.54 Å². The summed E-state index contributed by atoms with van der Waals surface area (Å²) in [7, 11) is 0. The number of carbonyl (C=O) groups excluding carboxylic acids is 1. The zero-order valence-corrected chi connectivity index (χ0v) is 10.3. The molecule has 1 amide bonds. The Kier molecular flexibility index (Phi) is 3.82. The number of furan rings is 1. The van der Waals surface area contributed by atoms with Gasteiger partial charge in [-0.2, -0.15) is 0 Å². The Balaban J connectivity index is 1.98. The van der Waals surface area contributed by atoms with Gasteiger partial charge in [0.25, 0.3) is 5.91 Å². The Morgan fingerprint density at radius 3 is 2.74 bits per heavy atom. The summed E-state index contributed by atoms with van der Waals surface area (Å²) >= 11 is 5.67. The molecular formula is C12H9ClN2O4. The molecule has 0 radical (unpaired) electrons. The lowest BCUT2D eigenvalue weighted by molar-refractivity contribution is 0.0660. The summed E-state index contributed by atoms with van der Waals surface area (Å²) in [5.74, 6) is -1.41. The van der Waals surface area contributed by atoms with E-state index in [1.165, 1.54) is 18.2 Å². The topological polar surface area (TPSA) is 92.4 Å². The number of aromatic carboxylic acids is 1. The van der Waals surface area contributed by atoms with Gasteiger partial charge in [0, 0.05) is 0 Å². The second-order valence-corrected chi connectivity index (χ2v) is 3.99. The molecule has 19 heavy (non-hydrogen) atoms. The van der Waals surface area contributed by atoms with Gasteiger partial charge >= 0.3 is 5.97 Å². The first-order valence-corrected chi connectivity index (χ1v) is 5.67. The fourth-order valence-electron chi connectivity index (χ4n) is 1.38. The normalized spacial score (nSPS) is 10.2. The van der Waals surface area contributed by atoms with Crippen molar-refractivity contribution in [3.8, 4) is 0 Å². The second-order valence-electron chi connectivity index (χ2n) is 3.60. The minimum atomic E-state index is -1.16. The molecule has 0 spiro atoms. The first-order valence-electron chi connectivity index (χ1n) is 5.29. The van der Waals surface area contributed by atoms with Gasteiger partial charge in [-0.15, -0.1) is 0 Å². The summed E-state index contributed by atoms with van der Waals surface area (Å²) in [5.41, 5.74) is 0.178. The minimum absolute atomic E-state index is 0.0697. The number of amides is 1. The molecule has 2 heterocycles. The van der Waals surface area contributed by atoms with Crippen molar-refractivity contribution < 1.29 is 19.1 Å². The molecule has 0 unspecified atom stereocenters. The Morgan fingerprint density at radius 2 is 2.11 bits per heavy atom. The highest BCUT2D eigenvalue weighted by molar-refractivity contribution is 6.29. The molecule has 0 aliphatic rings. The number of carboxylic acids is 1. The van der Waals surface area contributed by atoms with Crippen LogP contribution in [0.25, 0.3) is 0 Å². The van der Waals surface area contributed by atoms with Crippen molar-refractivity contribution in [2.24, 2.45) is 0 Å². The highest BCUT2D eigenvalue weighted by Crippen LogP contribution is 2.08. The monoisotopic (exact) mass is 280 g/mol. The first-order chi connectivity index (χ1) is 9.06. The molecule has 6 nitrogen and oxygen atoms in total. The van der Waals surface area contributed by atoms with Crippen molar-refractivity contribution >= 4 is 23.5 Å². The largest absolute Gasteiger partial charge is 0.475 e. The maximum Gasteiger partial charge on any atom is 0.371 e. The third-order valence-corrected chi connectivity index (χ3v) is 2.45. The van der Waals surface area contributed by atoms with Gasteiger partial charge in [-0.25, -0.2) is 9.78 Å². The molecule has 0 atom stereocenters. The average Bonchev–Trinajstić information content (AvgIpc) is 2.85. The van der Waals surface area contributed by atoms with Crippen LogP contribution in [0.4, 0.5) is 0 Å². The van der Waals surface area contributed by atoms with Crippen LogP contribution in [0.1, 0.15) is 26.8 Å². The van der Waals surface area contributed by atoms with Crippen molar-refractivity contribution in [1.82, 2.24) is 10.3 Å². The highest BCUT2D eigenvalue weighted by Gasteiger charge is 2.11. The van der Waals surface area contributed by atoms with Crippen LogP contribution in [0.3, 0.4) is 0 Å². The lowest BCUT2D eigenvalue weighted by Gasteiger charge is -2.02. The summed E-state index contributed by atoms with van der Waals surface area (Å²) in [6, 6.07) is 7.49. The van der Waals surface area contributed by atoms with Crippen LogP contribution >= 0.6 is 11.6 Å². The zero-order chi connectivity index (χ0) is 13.8. The molecule has 2 N–H and O–H groups in total. The number of halogens is 1. The summed E-state index contributed by atoms with van der Waals surface area (Å²) in [4.78, 5) is 26.2. The third-order valence-electron chi connectivity index (χ3n) is 2.24. The molecule has 2 aromatic heterocycles. The lowest BCUT2D eigenvalue weighted by atomic mass is 10.3. The van der Waals surface area contributed by atoms with Crippen molar-refractivity contribution in [3.05, 3.63) is 52.7 Å². The maximum atomic E-state index is 11.7. The van der Waals surface area contributed by atoms with Gasteiger partial charge in [0.2, 0.25) is 5.76 Å². The quantitative estimate of drug-likeness (QED) is 0.835. The second kappa shape index (κ2) is 5.53. The number of nitrogens with one attached hydrogen (secondary N) is 1. The molecule has 2 aromatic rings. The van der Waals surface area contributed by atoms with Crippen LogP contribution in [0.5, 0.6) is 0 Å². The van der Waals surface area contributed by atoms with E-state index in [4.69, 9.17) is 21.1 Å². The zero-order valence-electron chi connectivity index (χ0n) is 9.59. The summed E-state index contributed by atoms with van der Waals surface area (Å²) in [5, 5.41) is 11.4. The van der Waals surface area contributed by atoms with Gasteiger partial charge in [0.05, 0.1) is 6.54 Å². The van der Waals surface area contributed by atoms with Crippen molar-refractivity contribution in [2.75, 3.05) is 0 Å². The van der Waals surface area contributed by atoms with Crippen LogP contribution < -0.4 is 5.32 Å². The van der Waals surface area contributed by atoms with E-state index < -0.39 is 11.9 Å². The van der Waals surface area contributed by atoms with E-state index >= 15 is 0 Å². The molecule has 0 saturated carbocycles. The molecule has 0 aliphatic heterocycles. The lowest BCUT2D eigenvalue weighted by Crippen LogP contribution is -2.23. The van der Waals surface area contributed by atoms with Gasteiger partial charge in [-0.1, -0.05) is 17.7 Å². The summed E-state index contributed by atoms with van der Waals surface area (Å²) < 4.78 is 4.99. The standard InChI is InChI=1S/C12H9ClN2O4/c13-10-3-1-2-8(15-10)11(16)14-6-7-4-5-9(19-7)12(17)18/h1-5H,6H2,(H,14,16)(H,17,18). The first kappa shape index (κ1) is 13.1. The van der Waals surface area contributed by atoms with Crippen LogP contribution in [-0.4, -0.2) is 22.0 Å². The average molecular weight is 281 g/mol. The Hall–Kier alpha value is -2.34. The van der Waals surface area contributed by atoms with E-state index in [-0.39, 0.29) is 23.2 Å². The van der Waals surface area contributed by atoms with Crippen LogP contribution in [0.15, 0.2) is 34.7 Å². The number of aromatic nitrogens is 1. The SMILES string of the molecule is O=C(NCc1ccc(C(=O)O)o1)c1cccc(Cl)n1. The van der Waals surface area contributed by atoms with Crippen LogP contribution in [0.2, 0.25) is 5.15 Å². The number of rotatable bonds is 4. The molecule has 0 fully saturated rings. The van der Waals surface area contributed by atoms with E-state index in [0.717, 1.165) is 0 Å². The smallest absolute Gasteiger partial charge is 0.371 e. The minimum Gasteiger partial charge on any atom is -0.475 e. The maximum absolute atomic E-state index is 11.7. The van der Waals surface area contributed by atoms with Crippen molar-refractivity contribution in [1.29, 1.82) is 0 Å². The van der Waals surface area contributed by atoms with Gasteiger partial charge in [0.1, 0.15) is 16.6 Å². The number of hydrogen-bond donors (Lipinski definition) is 2. The van der Waals surface area contributed by atoms with E-state index in [1.807, 2.05) is 0 Å². The van der Waals surface area contributed by atoms with Crippen LogP contribution in [-0.2, 0) is 6.54 Å². The van der Waals surface area contributed by atoms with Gasteiger partial charge in [-0.3, -0.25) is 4.79 Å². The molecule has 0 aromatic carbocycles. The summed E-state index contributed by atoms with van der Waals surface area (Å²) in [6.07, 6.45) is 0. The molecular weight excluding hydrogens is 272 g/mol. The number of carboxylic acid groups (broad SMARTS) is 1. The number of nitrogens with zero attached hydrogens (tertiary/aromatic N) is 1. The van der Waals surface area contributed by atoms with E-state index in [9.17, 15) is 9.59 Å².